The van der Waals surface area contributed by atoms with E-state index in [-0.39, 0.29) is 23.8 Å². The number of rotatable bonds is 3. The SMILES string of the molecule is CCOC(=O)N1CCN(C(=O)C2CCC(C(=O)N3CCCCCC3)CC2)CC1. The molecule has 3 rings (SSSR count). The van der Waals surface area contributed by atoms with Gasteiger partial charge in [0.25, 0.3) is 0 Å². The first-order valence-corrected chi connectivity index (χ1v) is 11.1. The Bertz CT molecular complexity index is 544. The van der Waals surface area contributed by atoms with E-state index < -0.39 is 0 Å². The first-order valence-electron chi connectivity index (χ1n) is 11.1. The van der Waals surface area contributed by atoms with Gasteiger partial charge in [0.15, 0.2) is 0 Å². The molecule has 158 valence electrons. The molecule has 1 aliphatic carbocycles. The quantitative estimate of drug-likeness (QED) is 0.739. The summed E-state index contributed by atoms with van der Waals surface area (Å²) in [5.74, 6) is 0.644. The zero-order valence-electron chi connectivity index (χ0n) is 17.2. The molecule has 0 atom stereocenters. The van der Waals surface area contributed by atoms with Gasteiger partial charge in [-0.15, -0.1) is 0 Å². The van der Waals surface area contributed by atoms with E-state index in [4.69, 9.17) is 4.74 Å². The van der Waals surface area contributed by atoms with Crippen LogP contribution >= 0.6 is 0 Å². The Labute approximate surface area is 168 Å². The van der Waals surface area contributed by atoms with Crippen LogP contribution < -0.4 is 0 Å². The van der Waals surface area contributed by atoms with Crippen molar-refractivity contribution in [1.29, 1.82) is 0 Å². The third-order valence-corrected chi connectivity index (χ3v) is 6.46. The van der Waals surface area contributed by atoms with Gasteiger partial charge in [-0.1, -0.05) is 12.8 Å². The minimum Gasteiger partial charge on any atom is -0.450 e. The molecule has 0 aromatic heterocycles. The van der Waals surface area contributed by atoms with E-state index in [0.717, 1.165) is 51.6 Å². The van der Waals surface area contributed by atoms with Crippen LogP contribution in [0.4, 0.5) is 4.79 Å². The Morgan fingerprint density at radius 2 is 1.11 bits per heavy atom. The van der Waals surface area contributed by atoms with E-state index >= 15 is 0 Å². The number of likely N-dealkylation sites (tertiary alicyclic amines) is 1. The second-order valence-corrected chi connectivity index (χ2v) is 8.30. The average Bonchev–Trinajstić information content (AvgIpc) is 3.03. The summed E-state index contributed by atoms with van der Waals surface area (Å²) in [6, 6.07) is 0. The molecule has 0 N–H and O–H groups in total. The lowest BCUT2D eigenvalue weighted by Crippen LogP contribution is -2.52. The van der Waals surface area contributed by atoms with E-state index in [2.05, 4.69) is 4.90 Å². The Kier molecular flexibility index (Phi) is 7.57. The van der Waals surface area contributed by atoms with Crippen molar-refractivity contribution in [2.45, 2.75) is 58.3 Å². The highest BCUT2D eigenvalue weighted by atomic mass is 16.6. The van der Waals surface area contributed by atoms with Gasteiger partial charge < -0.3 is 19.4 Å². The molecule has 3 amide bonds. The highest BCUT2D eigenvalue weighted by Crippen LogP contribution is 2.32. The van der Waals surface area contributed by atoms with Crippen molar-refractivity contribution in [3.05, 3.63) is 0 Å². The van der Waals surface area contributed by atoms with Crippen LogP contribution in [-0.4, -0.2) is 78.5 Å². The average molecular weight is 394 g/mol. The number of amides is 3. The molecule has 0 unspecified atom stereocenters. The highest BCUT2D eigenvalue weighted by molar-refractivity contribution is 5.81. The van der Waals surface area contributed by atoms with E-state index in [1.807, 2.05) is 4.90 Å². The molecule has 2 heterocycles. The van der Waals surface area contributed by atoms with Crippen molar-refractivity contribution in [3.8, 4) is 0 Å². The fourth-order valence-electron chi connectivity index (χ4n) is 4.72. The van der Waals surface area contributed by atoms with Crippen LogP contribution in [0.25, 0.3) is 0 Å². The van der Waals surface area contributed by atoms with Crippen LogP contribution in [0.2, 0.25) is 0 Å². The summed E-state index contributed by atoms with van der Waals surface area (Å²) in [5.41, 5.74) is 0. The summed E-state index contributed by atoms with van der Waals surface area (Å²) < 4.78 is 5.03. The molecule has 2 saturated heterocycles. The predicted octanol–water partition coefficient (Wildman–Crippen LogP) is 2.50. The first kappa shape index (κ1) is 20.9. The first-order chi connectivity index (χ1) is 13.6. The summed E-state index contributed by atoms with van der Waals surface area (Å²) in [7, 11) is 0. The van der Waals surface area contributed by atoms with Gasteiger partial charge in [-0.2, -0.15) is 0 Å². The van der Waals surface area contributed by atoms with Crippen molar-refractivity contribution < 1.29 is 19.1 Å². The Balaban J connectivity index is 1.42. The second kappa shape index (κ2) is 10.1. The van der Waals surface area contributed by atoms with Crippen LogP contribution in [0.1, 0.15) is 58.3 Å². The third kappa shape index (κ3) is 5.17. The molecule has 0 aromatic carbocycles. The van der Waals surface area contributed by atoms with Crippen molar-refractivity contribution in [2.24, 2.45) is 11.8 Å². The number of hydrogen-bond acceptors (Lipinski definition) is 4. The summed E-state index contributed by atoms with van der Waals surface area (Å²) in [4.78, 5) is 43.1. The zero-order valence-corrected chi connectivity index (χ0v) is 17.2. The number of piperazine rings is 1. The maximum Gasteiger partial charge on any atom is 0.409 e. The number of carbonyl (C=O) groups is 3. The van der Waals surface area contributed by atoms with Gasteiger partial charge in [0.1, 0.15) is 0 Å². The van der Waals surface area contributed by atoms with E-state index in [9.17, 15) is 14.4 Å². The minimum atomic E-state index is -0.290. The molecule has 7 nitrogen and oxygen atoms in total. The minimum absolute atomic E-state index is 0.0299. The van der Waals surface area contributed by atoms with E-state index in [1.165, 1.54) is 12.8 Å². The summed E-state index contributed by atoms with van der Waals surface area (Å²) in [6.45, 7) is 6.20. The van der Waals surface area contributed by atoms with Crippen LogP contribution in [-0.2, 0) is 14.3 Å². The predicted molar refractivity (Wildman–Crippen MR) is 106 cm³/mol. The lowest BCUT2D eigenvalue weighted by molar-refractivity contribution is -0.142. The van der Waals surface area contributed by atoms with Gasteiger partial charge >= 0.3 is 6.09 Å². The molecule has 0 spiro atoms. The van der Waals surface area contributed by atoms with Crippen molar-refractivity contribution >= 4 is 17.9 Å². The van der Waals surface area contributed by atoms with Crippen LogP contribution in [0.3, 0.4) is 0 Å². The van der Waals surface area contributed by atoms with Crippen LogP contribution in [0, 0.1) is 11.8 Å². The fourth-order valence-corrected chi connectivity index (χ4v) is 4.72. The number of nitrogens with zero attached hydrogens (tertiary/aromatic N) is 3. The molecule has 0 radical (unpaired) electrons. The monoisotopic (exact) mass is 393 g/mol. The highest BCUT2D eigenvalue weighted by Gasteiger charge is 2.35. The largest absolute Gasteiger partial charge is 0.450 e. The zero-order chi connectivity index (χ0) is 19.9. The molecule has 7 heteroatoms. The standard InChI is InChI=1S/C21H35N3O4/c1-2-28-21(27)24-15-13-23(14-16-24)20(26)18-9-7-17(8-10-18)19(25)22-11-5-3-4-6-12-22/h17-18H,2-16H2,1H3. The molecule has 1 saturated carbocycles. The van der Waals surface area contributed by atoms with Crippen LogP contribution in [0.5, 0.6) is 0 Å². The summed E-state index contributed by atoms with van der Waals surface area (Å²) >= 11 is 0. The lowest BCUT2D eigenvalue weighted by Gasteiger charge is -2.37. The maximum absolute atomic E-state index is 12.9. The maximum atomic E-state index is 12.9. The molecular formula is C21H35N3O4. The Hall–Kier alpha value is -1.79. The molecule has 3 fully saturated rings. The smallest absolute Gasteiger partial charge is 0.409 e. The normalized spacial score (nSPS) is 26.5. The number of ether oxygens (including phenoxy) is 1. The Morgan fingerprint density at radius 3 is 1.57 bits per heavy atom. The van der Waals surface area contributed by atoms with Crippen molar-refractivity contribution in [3.63, 3.8) is 0 Å². The summed E-state index contributed by atoms with van der Waals surface area (Å²) in [5, 5.41) is 0. The molecular weight excluding hydrogens is 358 g/mol. The van der Waals surface area contributed by atoms with Gasteiger partial charge in [-0.25, -0.2) is 4.79 Å². The number of carbonyl (C=O) groups excluding carboxylic acids is 3. The van der Waals surface area contributed by atoms with Gasteiger partial charge in [0.05, 0.1) is 6.61 Å². The Morgan fingerprint density at radius 1 is 0.679 bits per heavy atom. The molecule has 0 bridgehead atoms. The molecule has 28 heavy (non-hydrogen) atoms. The molecule has 2 aliphatic heterocycles. The van der Waals surface area contributed by atoms with E-state index in [0.29, 0.717) is 38.7 Å². The number of hydrogen-bond donors (Lipinski definition) is 0. The van der Waals surface area contributed by atoms with Crippen molar-refractivity contribution in [2.75, 3.05) is 45.9 Å². The lowest BCUT2D eigenvalue weighted by atomic mass is 9.80. The molecule has 3 aliphatic rings. The van der Waals surface area contributed by atoms with Crippen molar-refractivity contribution in [1.82, 2.24) is 14.7 Å². The fraction of sp³-hybridized carbons (Fsp3) is 0.857. The second-order valence-electron chi connectivity index (χ2n) is 8.30. The molecule has 0 aromatic rings. The van der Waals surface area contributed by atoms with Gasteiger partial charge in [0, 0.05) is 51.1 Å². The van der Waals surface area contributed by atoms with Gasteiger partial charge in [0.2, 0.25) is 11.8 Å². The topological polar surface area (TPSA) is 70.2 Å². The third-order valence-electron chi connectivity index (χ3n) is 6.46. The summed E-state index contributed by atoms with van der Waals surface area (Å²) in [6.07, 6.45) is 7.69. The van der Waals surface area contributed by atoms with Crippen LogP contribution in [0.15, 0.2) is 0 Å². The van der Waals surface area contributed by atoms with E-state index in [1.54, 1.807) is 11.8 Å². The van der Waals surface area contributed by atoms with Gasteiger partial charge in [-0.05, 0) is 45.4 Å². The van der Waals surface area contributed by atoms with Gasteiger partial charge in [-0.3, -0.25) is 9.59 Å².